The number of fused-ring (bicyclic) bond motifs is 3. The summed E-state index contributed by atoms with van der Waals surface area (Å²) in [6, 6.07) is 21.4. The molecule has 0 unspecified atom stereocenters. The Morgan fingerprint density at radius 1 is 0.950 bits per heavy atom. The average Bonchev–Trinajstić information content (AvgIpc) is 3.48. The first-order valence-electron chi connectivity index (χ1n) is 13.5. The summed E-state index contributed by atoms with van der Waals surface area (Å²) in [5.74, 6) is 0.833. The molecule has 1 aliphatic rings. The van der Waals surface area contributed by atoms with Crippen molar-refractivity contribution in [2.75, 3.05) is 6.54 Å². The molecule has 0 saturated carbocycles. The fourth-order valence-electron chi connectivity index (χ4n) is 5.15. The van der Waals surface area contributed by atoms with E-state index in [1.807, 2.05) is 64.0 Å². The van der Waals surface area contributed by atoms with Crippen molar-refractivity contribution in [3.8, 4) is 22.5 Å². The molecule has 0 fully saturated rings. The predicted molar refractivity (Wildman–Crippen MR) is 151 cm³/mol. The summed E-state index contributed by atoms with van der Waals surface area (Å²) in [5.41, 5.74) is 6.90. The molecule has 2 amide bonds. The van der Waals surface area contributed by atoms with E-state index in [0.717, 1.165) is 52.7 Å². The smallest absolute Gasteiger partial charge is 0.271 e. The number of pyridine rings is 1. The van der Waals surface area contributed by atoms with Crippen LogP contribution in [0.3, 0.4) is 0 Å². The molecule has 1 aliphatic heterocycles. The maximum absolute atomic E-state index is 13.4. The summed E-state index contributed by atoms with van der Waals surface area (Å²) in [6.07, 6.45) is 3.85. The average molecular weight is 532 g/mol. The van der Waals surface area contributed by atoms with Gasteiger partial charge in [0.05, 0.1) is 5.52 Å². The molecule has 2 aromatic carbocycles. The third kappa shape index (κ3) is 4.70. The second-order valence-electron chi connectivity index (χ2n) is 9.97. The number of carbonyl (C=O) groups is 2. The number of nitrogens with zero attached hydrogens (tertiary/aromatic N) is 6. The van der Waals surface area contributed by atoms with E-state index in [1.165, 1.54) is 0 Å². The number of rotatable bonds is 8. The third-order valence-corrected chi connectivity index (χ3v) is 7.23. The Labute approximate surface area is 231 Å². The lowest BCUT2D eigenvalue weighted by Crippen LogP contribution is -2.26. The zero-order chi connectivity index (χ0) is 27.6. The van der Waals surface area contributed by atoms with Gasteiger partial charge in [-0.25, -0.2) is 0 Å². The molecular weight excluding hydrogens is 502 g/mol. The summed E-state index contributed by atoms with van der Waals surface area (Å²) < 4.78 is 1.94. The van der Waals surface area contributed by atoms with Gasteiger partial charge in [-0.05, 0) is 36.6 Å². The number of aromatic nitrogens is 5. The number of nitrogens with one attached hydrogen (secondary N) is 1. The van der Waals surface area contributed by atoms with Gasteiger partial charge in [-0.15, -0.1) is 20.4 Å². The lowest BCUT2D eigenvalue weighted by molar-refractivity contribution is 0.0770. The van der Waals surface area contributed by atoms with E-state index in [-0.39, 0.29) is 11.8 Å². The predicted octanol–water partition coefficient (Wildman–Crippen LogP) is 4.85. The summed E-state index contributed by atoms with van der Waals surface area (Å²) in [4.78, 5) is 28.5. The van der Waals surface area contributed by atoms with Gasteiger partial charge in [0.1, 0.15) is 5.69 Å². The van der Waals surface area contributed by atoms with Gasteiger partial charge in [0.2, 0.25) is 5.82 Å². The minimum absolute atomic E-state index is 0.0453. The van der Waals surface area contributed by atoms with Gasteiger partial charge in [-0.3, -0.25) is 9.59 Å². The Morgan fingerprint density at radius 2 is 1.70 bits per heavy atom. The van der Waals surface area contributed by atoms with E-state index in [2.05, 4.69) is 44.8 Å². The van der Waals surface area contributed by atoms with Gasteiger partial charge < -0.3 is 14.6 Å². The highest BCUT2D eigenvalue weighted by Gasteiger charge is 2.34. The van der Waals surface area contributed by atoms with E-state index < -0.39 is 0 Å². The zero-order valence-corrected chi connectivity index (χ0v) is 22.5. The van der Waals surface area contributed by atoms with Crippen LogP contribution in [0.5, 0.6) is 0 Å². The molecule has 0 saturated heterocycles. The highest BCUT2D eigenvalue weighted by molar-refractivity contribution is 6.05. The van der Waals surface area contributed by atoms with E-state index in [9.17, 15) is 9.59 Å². The first kappa shape index (κ1) is 25.4. The van der Waals surface area contributed by atoms with Crippen LogP contribution in [-0.4, -0.2) is 48.1 Å². The van der Waals surface area contributed by atoms with Crippen LogP contribution in [0.2, 0.25) is 0 Å². The first-order chi connectivity index (χ1) is 19.5. The molecule has 9 nitrogen and oxygen atoms in total. The molecule has 1 N–H and O–H groups in total. The van der Waals surface area contributed by atoms with Crippen LogP contribution >= 0.6 is 0 Å². The van der Waals surface area contributed by atoms with Crippen molar-refractivity contribution < 1.29 is 9.59 Å². The van der Waals surface area contributed by atoms with Crippen LogP contribution in [0.4, 0.5) is 0 Å². The Bertz CT molecular complexity index is 1690. The molecule has 3 aromatic heterocycles. The summed E-state index contributed by atoms with van der Waals surface area (Å²) in [7, 11) is 0. The van der Waals surface area contributed by atoms with Gasteiger partial charge >= 0.3 is 0 Å². The maximum Gasteiger partial charge on any atom is 0.271 e. The van der Waals surface area contributed by atoms with Crippen molar-refractivity contribution in [3.05, 3.63) is 101 Å². The molecule has 200 valence electrons. The molecule has 40 heavy (non-hydrogen) atoms. The van der Waals surface area contributed by atoms with Crippen LogP contribution in [0.15, 0.2) is 72.9 Å². The minimum Gasteiger partial charge on any atom is -0.348 e. The molecular formula is C31H29N7O2. The Hall–Kier alpha value is -4.92. The quantitative estimate of drug-likeness (QED) is 0.307. The highest BCUT2D eigenvalue weighted by Crippen LogP contribution is 2.38. The largest absolute Gasteiger partial charge is 0.348 e. The second-order valence-corrected chi connectivity index (χ2v) is 9.97. The first-order valence-corrected chi connectivity index (χ1v) is 13.5. The molecule has 6 rings (SSSR count). The Kier molecular flexibility index (Phi) is 6.77. The van der Waals surface area contributed by atoms with Crippen molar-refractivity contribution in [2.45, 2.75) is 39.8 Å². The minimum atomic E-state index is -0.182. The van der Waals surface area contributed by atoms with E-state index in [0.29, 0.717) is 36.0 Å². The zero-order valence-electron chi connectivity index (χ0n) is 22.5. The molecule has 4 heterocycles. The molecule has 0 atom stereocenters. The number of hydrogen-bond acceptors (Lipinski definition) is 6. The van der Waals surface area contributed by atoms with Crippen LogP contribution in [0.1, 0.15) is 57.6 Å². The van der Waals surface area contributed by atoms with Crippen molar-refractivity contribution in [1.29, 1.82) is 0 Å². The van der Waals surface area contributed by atoms with Crippen molar-refractivity contribution in [2.24, 2.45) is 0 Å². The number of aryl methyl sites for hydroxylation is 1. The Morgan fingerprint density at radius 3 is 2.42 bits per heavy atom. The summed E-state index contributed by atoms with van der Waals surface area (Å²) >= 11 is 0. The maximum atomic E-state index is 13.4. The molecule has 0 aliphatic carbocycles. The number of amides is 2. The van der Waals surface area contributed by atoms with Gasteiger partial charge in [0.15, 0.2) is 5.82 Å². The van der Waals surface area contributed by atoms with Crippen molar-refractivity contribution >= 4 is 17.3 Å². The lowest BCUT2D eigenvalue weighted by Gasteiger charge is -2.16. The molecule has 0 spiro atoms. The Balaban J connectivity index is 1.26. The fourth-order valence-corrected chi connectivity index (χ4v) is 5.15. The number of benzene rings is 2. The highest BCUT2D eigenvalue weighted by atomic mass is 16.2. The van der Waals surface area contributed by atoms with Gasteiger partial charge in [0.25, 0.3) is 11.8 Å². The van der Waals surface area contributed by atoms with Gasteiger partial charge in [-0.1, -0.05) is 67.9 Å². The molecule has 5 aromatic rings. The monoisotopic (exact) mass is 531 g/mol. The number of hydrogen-bond donors (Lipinski definition) is 1. The molecule has 0 bridgehead atoms. The van der Waals surface area contributed by atoms with Gasteiger partial charge in [-0.2, -0.15) is 0 Å². The second kappa shape index (κ2) is 10.7. The van der Waals surface area contributed by atoms with Crippen LogP contribution in [-0.2, 0) is 13.1 Å². The normalized spacial score (nSPS) is 12.7. The van der Waals surface area contributed by atoms with E-state index >= 15 is 0 Å². The standard InChI is InChI=1S/C31H29N7O2/c1-3-4-15-37-19-25-27(22-8-6-5-7-9-22)26-17-24(14-16-38(26)28(25)31(37)40)30(39)32-18-21-10-12-23(13-11-21)29-35-33-20(2)34-36-29/h5-14,16-17H,3-4,15,18-19H2,1-2H3,(H,32,39). The van der Waals surface area contributed by atoms with Crippen LogP contribution < -0.4 is 5.32 Å². The fraction of sp³-hybridized carbons (Fsp3) is 0.226. The number of carbonyl (C=O) groups excluding carboxylic acids is 2. The molecule has 0 radical (unpaired) electrons. The lowest BCUT2D eigenvalue weighted by atomic mass is 10.0. The van der Waals surface area contributed by atoms with Crippen LogP contribution in [0, 0.1) is 6.92 Å². The topological polar surface area (TPSA) is 105 Å². The van der Waals surface area contributed by atoms with Crippen LogP contribution in [0.25, 0.3) is 28.0 Å². The van der Waals surface area contributed by atoms with Crippen molar-refractivity contribution in [3.63, 3.8) is 0 Å². The van der Waals surface area contributed by atoms with E-state index in [1.54, 1.807) is 13.0 Å². The SMILES string of the molecule is CCCCN1Cc2c(-c3ccccc3)c3cc(C(=O)NCc4ccc(-c5nnc(C)nn5)cc4)ccn3c2C1=O. The third-order valence-electron chi connectivity index (χ3n) is 7.23. The molecule has 9 heteroatoms. The van der Waals surface area contributed by atoms with Crippen molar-refractivity contribution in [1.82, 2.24) is 35.0 Å². The van der Waals surface area contributed by atoms with E-state index in [4.69, 9.17) is 0 Å². The van der Waals surface area contributed by atoms with Gasteiger partial charge in [0, 0.05) is 48.1 Å². The summed E-state index contributed by atoms with van der Waals surface area (Å²) in [6.45, 7) is 5.56. The number of unbranched alkanes of at least 4 members (excludes halogenated alkanes) is 1. The summed E-state index contributed by atoms with van der Waals surface area (Å²) in [5, 5.41) is 19.0.